The molecule has 0 radical (unpaired) electrons. The van der Waals surface area contributed by atoms with E-state index in [1.54, 1.807) is 13.1 Å². The molecule has 0 saturated carbocycles. The summed E-state index contributed by atoms with van der Waals surface area (Å²) in [5.74, 6) is 0.0271. The first-order valence-electron chi connectivity index (χ1n) is 9.76. The number of nitrogens with one attached hydrogen (secondary N) is 3. The molecule has 0 spiro atoms. The van der Waals surface area contributed by atoms with Gasteiger partial charge in [-0.2, -0.15) is 0 Å². The summed E-state index contributed by atoms with van der Waals surface area (Å²) in [4.78, 5) is 25.1. The monoisotopic (exact) mass is 406 g/mol. The Morgan fingerprint density at radius 1 is 1.24 bits per heavy atom. The molecule has 0 bridgehead atoms. The van der Waals surface area contributed by atoms with Gasteiger partial charge < -0.3 is 36.0 Å². The Hall–Kier alpha value is -2.18. The van der Waals surface area contributed by atoms with Crippen molar-refractivity contribution in [2.45, 2.75) is 68.9 Å². The predicted octanol–water partition coefficient (Wildman–Crippen LogP) is -1.62. The number of anilines is 1. The van der Waals surface area contributed by atoms with Gasteiger partial charge in [0.15, 0.2) is 12.0 Å². The van der Waals surface area contributed by atoms with Crippen molar-refractivity contribution in [3.63, 3.8) is 0 Å². The van der Waals surface area contributed by atoms with Crippen LogP contribution < -0.4 is 16.0 Å². The summed E-state index contributed by atoms with van der Waals surface area (Å²) in [6, 6.07) is -1.58. The summed E-state index contributed by atoms with van der Waals surface area (Å²) in [7, 11) is 0. The van der Waals surface area contributed by atoms with Crippen LogP contribution in [0.5, 0.6) is 0 Å². The second-order valence-corrected chi connectivity index (χ2v) is 7.73. The lowest BCUT2D eigenvalue weighted by Crippen LogP contribution is -2.65. The van der Waals surface area contributed by atoms with Gasteiger partial charge in [0.2, 0.25) is 5.91 Å². The van der Waals surface area contributed by atoms with Gasteiger partial charge in [0.25, 0.3) is 0 Å². The number of aliphatic hydroxyl groups excluding tert-OH is 3. The molecule has 1 aromatic heterocycles. The highest BCUT2D eigenvalue weighted by atomic mass is 16.5. The van der Waals surface area contributed by atoms with Crippen molar-refractivity contribution in [1.29, 1.82) is 0 Å². The fourth-order valence-corrected chi connectivity index (χ4v) is 3.95. The maximum atomic E-state index is 12.4. The summed E-state index contributed by atoms with van der Waals surface area (Å²) < 4.78 is 5.83. The van der Waals surface area contributed by atoms with Gasteiger partial charge in [-0.05, 0) is 19.9 Å². The predicted molar refractivity (Wildman–Crippen MR) is 103 cm³/mol. The highest BCUT2D eigenvalue weighted by molar-refractivity contribution is 5.84. The Morgan fingerprint density at radius 2 is 2.03 bits per heavy atom. The molecule has 0 aromatic carbocycles. The van der Waals surface area contributed by atoms with Gasteiger partial charge in [0, 0.05) is 12.1 Å². The van der Waals surface area contributed by atoms with Crippen LogP contribution in [-0.4, -0.2) is 86.7 Å². The van der Waals surface area contributed by atoms with E-state index in [2.05, 4.69) is 30.9 Å². The summed E-state index contributed by atoms with van der Waals surface area (Å²) in [5, 5.41) is 39.7. The van der Waals surface area contributed by atoms with E-state index in [0.717, 1.165) is 5.69 Å². The number of nitrogens with zero attached hydrogens (tertiary/aromatic N) is 3. The molecule has 3 aliphatic heterocycles. The topological polar surface area (TPSA) is 161 Å². The molecule has 4 heterocycles. The van der Waals surface area contributed by atoms with E-state index in [4.69, 9.17) is 4.74 Å². The summed E-state index contributed by atoms with van der Waals surface area (Å²) in [6.45, 7) is 4.20. The van der Waals surface area contributed by atoms with Gasteiger partial charge in [0.05, 0.1) is 23.9 Å². The SMILES string of the molecule is CC1C=Nc2c(N[C@H]3O[C@@H](C)[C@H](NC(=O)[C@@H]4NCC[C@@H]4O)[C@@H](O)[C@@H]3O)ncnc21. The van der Waals surface area contributed by atoms with Crippen molar-refractivity contribution in [2.75, 3.05) is 11.9 Å². The van der Waals surface area contributed by atoms with Crippen LogP contribution in [0.1, 0.15) is 31.9 Å². The van der Waals surface area contributed by atoms with Crippen LogP contribution in [-0.2, 0) is 9.53 Å². The first-order valence-corrected chi connectivity index (χ1v) is 9.76. The number of aliphatic hydroxyl groups is 3. The minimum absolute atomic E-state index is 0.0643. The molecule has 29 heavy (non-hydrogen) atoms. The second-order valence-electron chi connectivity index (χ2n) is 7.73. The van der Waals surface area contributed by atoms with Crippen molar-refractivity contribution >= 4 is 23.6 Å². The third kappa shape index (κ3) is 3.71. The van der Waals surface area contributed by atoms with E-state index < -0.39 is 48.6 Å². The van der Waals surface area contributed by atoms with Gasteiger partial charge in [-0.1, -0.05) is 6.92 Å². The summed E-state index contributed by atoms with van der Waals surface area (Å²) in [5.41, 5.74) is 1.35. The van der Waals surface area contributed by atoms with Crippen molar-refractivity contribution in [3.8, 4) is 0 Å². The zero-order valence-electron chi connectivity index (χ0n) is 16.2. The van der Waals surface area contributed by atoms with Crippen LogP contribution in [0.4, 0.5) is 11.5 Å². The normalized spacial score (nSPS) is 38.7. The number of aliphatic imine (C=N–C) groups is 1. The summed E-state index contributed by atoms with van der Waals surface area (Å²) >= 11 is 0. The van der Waals surface area contributed by atoms with Gasteiger partial charge in [-0.25, -0.2) is 9.97 Å². The van der Waals surface area contributed by atoms with Crippen molar-refractivity contribution < 1.29 is 24.9 Å². The van der Waals surface area contributed by atoms with E-state index in [-0.39, 0.29) is 5.92 Å². The van der Waals surface area contributed by atoms with Crippen LogP contribution >= 0.6 is 0 Å². The molecule has 4 rings (SSSR count). The van der Waals surface area contributed by atoms with E-state index in [9.17, 15) is 20.1 Å². The Kier molecular flexibility index (Phi) is 5.49. The van der Waals surface area contributed by atoms with E-state index in [1.807, 2.05) is 6.92 Å². The number of fused-ring (bicyclic) bond motifs is 1. The zero-order chi connectivity index (χ0) is 20.7. The standard InChI is InChI=1S/C18H26N6O5/c1-7-5-20-13-10(7)21-6-22-16(13)24-18-15(27)14(26)11(8(2)29-18)23-17(28)12-9(25)3-4-19-12/h5-9,11-12,14-15,18-19,25-27H,3-4H2,1-2H3,(H,23,28)(H,21,22,24)/t7?,8-,9-,11-,12+,14+,15-,18-/m0/s1. The Labute approximate surface area is 167 Å². The van der Waals surface area contributed by atoms with Gasteiger partial charge in [-0.15, -0.1) is 0 Å². The van der Waals surface area contributed by atoms with Crippen LogP contribution in [0, 0.1) is 0 Å². The fraction of sp³-hybridized carbons (Fsp3) is 0.667. The average Bonchev–Trinajstić information content (AvgIpc) is 3.29. The van der Waals surface area contributed by atoms with Crippen LogP contribution in [0.25, 0.3) is 0 Å². The second kappa shape index (κ2) is 7.92. The lowest BCUT2D eigenvalue weighted by atomic mass is 9.95. The highest BCUT2D eigenvalue weighted by Gasteiger charge is 2.45. The van der Waals surface area contributed by atoms with Gasteiger partial charge in [-0.3, -0.25) is 9.79 Å². The minimum atomic E-state index is -1.33. The van der Waals surface area contributed by atoms with Gasteiger partial charge >= 0.3 is 0 Å². The lowest BCUT2D eigenvalue weighted by molar-refractivity contribution is -0.173. The molecule has 0 aliphatic carbocycles. The van der Waals surface area contributed by atoms with Crippen molar-refractivity contribution in [3.05, 3.63) is 12.0 Å². The largest absolute Gasteiger partial charge is 0.391 e. The van der Waals surface area contributed by atoms with Crippen LogP contribution in [0.3, 0.4) is 0 Å². The third-order valence-corrected chi connectivity index (χ3v) is 5.66. The molecule has 11 nitrogen and oxygen atoms in total. The number of hydrogen-bond acceptors (Lipinski definition) is 10. The number of rotatable bonds is 4. The maximum absolute atomic E-state index is 12.4. The number of carbonyl (C=O) groups excluding carboxylic acids is 1. The first kappa shape index (κ1) is 20.1. The third-order valence-electron chi connectivity index (χ3n) is 5.66. The van der Waals surface area contributed by atoms with E-state index in [1.165, 1.54) is 6.33 Å². The molecule has 11 heteroatoms. The highest BCUT2D eigenvalue weighted by Crippen LogP contribution is 2.36. The van der Waals surface area contributed by atoms with Crippen molar-refractivity contribution in [2.24, 2.45) is 4.99 Å². The molecular weight excluding hydrogens is 380 g/mol. The van der Waals surface area contributed by atoms with Crippen LogP contribution in [0.15, 0.2) is 11.3 Å². The van der Waals surface area contributed by atoms with Crippen LogP contribution in [0.2, 0.25) is 0 Å². The molecule has 158 valence electrons. The van der Waals surface area contributed by atoms with E-state index in [0.29, 0.717) is 24.5 Å². The number of ether oxygens (including phenoxy) is 1. The molecule has 3 aliphatic rings. The molecule has 8 atom stereocenters. The number of amides is 1. The molecular formula is C18H26N6O5. The molecule has 1 aromatic rings. The Bertz CT molecular complexity index is 807. The van der Waals surface area contributed by atoms with Crippen molar-refractivity contribution in [1.82, 2.24) is 20.6 Å². The molecule has 1 amide bonds. The Balaban J connectivity index is 1.44. The Morgan fingerprint density at radius 3 is 2.76 bits per heavy atom. The molecule has 6 N–H and O–H groups in total. The maximum Gasteiger partial charge on any atom is 0.240 e. The fourth-order valence-electron chi connectivity index (χ4n) is 3.95. The number of carbonyl (C=O) groups is 1. The molecule has 2 fully saturated rings. The molecule has 1 unspecified atom stereocenters. The minimum Gasteiger partial charge on any atom is -0.391 e. The van der Waals surface area contributed by atoms with Gasteiger partial charge in [0.1, 0.15) is 30.3 Å². The molecule has 2 saturated heterocycles. The average molecular weight is 406 g/mol. The smallest absolute Gasteiger partial charge is 0.240 e. The zero-order valence-corrected chi connectivity index (χ0v) is 16.2. The lowest BCUT2D eigenvalue weighted by Gasteiger charge is -2.42. The quantitative estimate of drug-likeness (QED) is 0.345. The van der Waals surface area contributed by atoms with E-state index >= 15 is 0 Å². The first-order chi connectivity index (χ1) is 13.9. The summed E-state index contributed by atoms with van der Waals surface area (Å²) in [6.07, 6.45) is -1.30. The number of aromatic nitrogens is 2. The number of hydrogen-bond donors (Lipinski definition) is 6.